The van der Waals surface area contributed by atoms with E-state index in [0.717, 1.165) is 12.8 Å². The van der Waals surface area contributed by atoms with E-state index in [0.29, 0.717) is 13.0 Å². The maximum Gasteiger partial charge on any atom is 0.320 e. The molecule has 5 heteroatoms. The number of hydrogen-bond acceptors (Lipinski definition) is 3. The molecule has 5 nitrogen and oxygen atoms in total. The number of rotatable bonds is 10. The molecule has 0 saturated heterocycles. The average molecular weight is 244 g/mol. The summed E-state index contributed by atoms with van der Waals surface area (Å²) in [6, 6.07) is -0.638. The van der Waals surface area contributed by atoms with Gasteiger partial charge >= 0.3 is 5.97 Å². The van der Waals surface area contributed by atoms with Crippen molar-refractivity contribution >= 4 is 11.9 Å². The molecule has 0 aromatic rings. The summed E-state index contributed by atoms with van der Waals surface area (Å²) in [6.07, 6.45) is 5.07. The van der Waals surface area contributed by atoms with E-state index >= 15 is 0 Å². The van der Waals surface area contributed by atoms with Crippen LogP contribution >= 0.6 is 0 Å². The lowest BCUT2D eigenvalue weighted by Crippen LogP contribution is -2.35. The largest absolute Gasteiger partial charge is 0.480 e. The van der Waals surface area contributed by atoms with Gasteiger partial charge in [0.2, 0.25) is 5.91 Å². The van der Waals surface area contributed by atoms with Crippen LogP contribution < -0.4 is 10.6 Å². The second-order valence-corrected chi connectivity index (χ2v) is 4.13. The second-order valence-electron chi connectivity index (χ2n) is 4.13. The number of amides is 1. The van der Waals surface area contributed by atoms with Gasteiger partial charge in [-0.05, 0) is 19.9 Å². The zero-order valence-corrected chi connectivity index (χ0v) is 10.8. The van der Waals surface area contributed by atoms with Gasteiger partial charge in [0.05, 0.1) is 0 Å². The van der Waals surface area contributed by atoms with Crippen LogP contribution in [0.3, 0.4) is 0 Å². The van der Waals surface area contributed by atoms with E-state index in [1.807, 2.05) is 0 Å². The number of carbonyl (C=O) groups excluding carboxylic acids is 1. The number of unbranched alkanes of at least 4 members (excludes halogenated alkanes) is 3. The van der Waals surface area contributed by atoms with Crippen molar-refractivity contribution in [1.29, 1.82) is 0 Å². The summed E-state index contributed by atoms with van der Waals surface area (Å²) in [5, 5.41) is 14.2. The van der Waals surface area contributed by atoms with Gasteiger partial charge in [0.1, 0.15) is 6.04 Å². The second kappa shape index (κ2) is 10.1. The summed E-state index contributed by atoms with van der Waals surface area (Å²) < 4.78 is 0. The summed E-state index contributed by atoms with van der Waals surface area (Å²) >= 11 is 0. The summed E-state index contributed by atoms with van der Waals surface area (Å²) in [5.41, 5.74) is 0. The van der Waals surface area contributed by atoms with E-state index < -0.39 is 12.0 Å². The smallest absolute Gasteiger partial charge is 0.320 e. The molecule has 3 N–H and O–H groups in total. The lowest BCUT2D eigenvalue weighted by atomic mass is 10.1. The first-order valence-electron chi connectivity index (χ1n) is 6.28. The van der Waals surface area contributed by atoms with Gasteiger partial charge in [0, 0.05) is 13.0 Å². The Morgan fingerprint density at radius 2 is 1.94 bits per heavy atom. The van der Waals surface area contributed by atoms with Crippen LogP contribution in [0.4, 0.5) is 0 Å². The monoisotopic (exact) mass is 244 g/mol. The minimum absolute atomic E-state index is 0.0667. The molecule has 1 atom stereocenters. The van der Waals surface area contributed by atoms with Gasteiger partial charge in [-0.2, -0.15) is 0 Å². The molecule has 0 spiro atoms. The van der Waals surface area contributed by atoms with Crippen molar-refractivity contribution in [2.24, 2.45) is 0 Å². The summed E-state index contributed by atoms with van der Waals surface area (Å²) in [4.78, 5) is 22.1. The SMILES string of the molecule is CCCCCCNC(=O)CCC(NC)C(=O)O. The lowest BCUT2D eigenvalue weighted by Gasteiger charge is -2.10. The maximum atomic E-state index is 11.4. The molecule has 0 aromatic carbocycles. The van der Waals surface area contributed by atoms with Gasteiger partial charge in [0.15, 0.2) is 0 Å². The molecule has 0 radical (unpaired) electrons. The number of hydrogen-bond donors (Lipinski definition) is 3. The molecule has 0 aliphatic rings. The van der Waals surface area contributed by atoms with Crippen molar-refractivity contribution < 1.29 is 14.7 Å². The molecule has 0 fully saturated rings. The van der Waals surface area contributed by atoms with Gasteiger partial charge in [-0.3, -0.25) is 9.59 Å². The Labute approximate surface area is 103 Å². The third kappa shape index (κ3) is 8.68. The Balaban J connectivity index is 3.55. The molecule has 0 aliphatic heterocycles. The summed E-state index contributed by atoms with van der Waals surface area (Å²) in [5.74, 6) is -0.980. The van der Waals surface area contributed by atoms with Crippen molar-refractivity contribution in [2.45, 2.75) is 51.5 Å². The van der Waals surface area contributed by atoms with Crippen LogP contribution in [-0.4, -0.2) is 36.6 Å². The van der Waals surface area contributed by atoms with Crippen LogP contribution in [0.25, 0.3) is 0 Å². The van der Waals surface area contributed by atoms with Gasteiger partial charge in [-0.15, -0.1) is 0 Å². The average Bonchev–Trinajstić information content (AvgIpc) is 2.29. The Morgan fingerprint density at radius 1 is 1.24 bits per heavy atom. The molecule has 1 unspecified atom stereocenters. The predicted octanol–water partition coefficient (Wildman–Crippen LogP) is 1.14. The zero-order chi connectivity index (χ0) is 13.1. The standard InChI is InChI=1S/C12H24N2O3/c1-3-4-5-6-9-14-11(15)8-7-10(13-2)12(16)17/h10,13H,3-9H2,1-2H3,(H,14,15)(H,16,17). The fourth-order valence-corrected chi connectivity index (χ4v) is 1.53. The zero-order valence-electron chi connectivity index (χ0n) is 10.8. The first-order valence-corrected chi connectivity index (χ1v) is 6.28. The van der Waals surface area contributed by atoms with Crippen LogP contribution in [0.2, 0.25) is 0 Å². The fourth-order valence-electron chi connectivity index (χ4n) is 1.53. The molecule has 0 aliphatic carbocycles. The highest BCUT2D eigenvalue weighted by Crippen LogP contribution is 1.99. The Morgan fingerprint density at radius 3 is 2.47 bits per heavy atom. The van der Waals surface area contributed by atoms with E-state index in [4.69, 9.17) is 5.11 Å². The molecule has 0 aromatic heterocycles. The van der Waals surface area contributed by atoms with E-state index in [2.05, 4.69) is 17.6 Å². The van der Waals surface area contributed by atoms with E-state index in [1.165, 1.54) is 12.8 Å². The first kappa shape index (κ1) is 15.9. The Hall–Kier alpha value is -1.10. The Kier molecular flexibility index (Phi) is 9.43. The van der Waals surface area contributed by atoms with Crippen molar-refractivity contribution in [3.8, 4) is 0 Å². The molecule has 0 bridgehead atoms. The molecule has 17 heavy (non-hydrogen) atoms. The van der Waals surface area contributed by atoms with E-state index in [-0.39, 0.29) is 12.3 Å². The van der Waals surface area contributed by atoms with Gasteiger partial charge in [-0.1, -0.05) is 26.2 Å². The quantitative estimate of drug-likeness (QED) is 0.503. The van der Waals surface area contributed by atoms with Crippen LogP contribution in [0, 0.1) is 0 Å². The highest BCUT2D eigenvalue weighted by molar-refractivity contribution is 5.78. The highest BCUT2D eigenvalue weighted by atomic mass is 16.4. The highest BCUT2D eigenvalue weighted by Gasteiger charge is 2.15. The van der Waals surface area contributed by atoms with Crippen LogP contribution in [0.15, 0.2) is 0 Å². The number of aliphatic carboxylic acids is 1. The van der Waals surface area contributed by atoms with E-state index in [1.54, 1.807) is 7.05 Å². The molecule has 0 saturated carbocycles. The topological polar surface area (TPSA) is 78.4 Å². The molecule has 0 heterocycles. The maximum absolute atomic E-state index is 11.4. The van der Waals surface area contributed by atoms with Gasteiger partial charge < -0.3 is 15.7 Å². The van der Waals surface area contributed by atoms with Crippen LogP contribution in [0.1, 0.15) is 45.4 Å². The third-order valence-electron chi connectivity index (χ3n) is 2.66. The van der Waals surface area contributed by atoms with Crippen LogP contribution in [0.5, 0.6) is 0 Å². The first-order chi connectivity index (χ1) is 8.11. The fraction of sp³-hybridized carbons (Fsp3) is 0.833. The predicted molar refractivity (Wildman–Crippen MR) is 66.9 cm³/mol. The number of carboxylic acid groups (broad SMARTS) is 1. The van der Waals surface area contributed by atoms with Crippen molar-refractivity contribution in [1.82, 2.24) is 10.6 Å². The summed E-state index contributed by atoms with van der Waals surface area (Å²) in [7, 11) is 1.58. The number of carboxylic acids is 1. The molecule has 0 rings (SSSR count). The Bertz CT molecular complexity index is 232. The number of likely N-dealkylation sites (N-methyl/N-ethyl adjacent to an activating group) is 1. The number of nitrogens with one attached hydrogen (secondary N) is 2. The molecule has 1 amide bonds. The molecular weight excluding hydrogens is 220 g/mol. The number of carbonyl (C=O) groups is 2. The molecular formula is C12H24N2O3. The van der Waals surface area contributed by atoms with Gasteiger partial charge in [-0.25, -0.2) is 0 Å². The van der Waals surface area contributed by atoms with Crippen LogP contribution in [-0.2, 0) is 9.59 Å². The van der Waals surface area contributed by atoms with Crippen molar-refractivity contribution in [3.05, 3.63) is 0 Å². The minimum atomic E-state index is -0.914. The molecule has 100 valence electrons. The van der Waals surface area contributed by atoms with Crippen molar-refractivity contribution in [2.75, 3.05) is 13.6 Å². The minimum Gasteiger partial charge on any atom is -0.480 e. The normalized spacial score (nSPS) is 12.1. The summed E-state index contributed by atoms with van der Waals surface area (Å²) in [6.45, 7) is 2.83. The van der Waals surface area contributed by atoms with Gasteiger partial charge in [0.25, 0.3) is 0 Å². The van der Waals surface area contributed by atoms with Crippen molar-refractivity contribution in [3.63, 3.8) is 0 Å². The third-order valence-corrected chi connectivity index (χ3v) is 2.66. The lowest BCUT2D eigenvalue weighted by molar-refractivity contribution is -0.139. The van der Waals surface area contributed by atoms with E-state index in [9.17, 15) is 9.59 Å².